The molecule has 1 amide bonds. The summed E-state index contributed by atoms with van der Waals surface area (Å²) in [6, 6.07) is 9.22. The number of nitrogens with one attached hydrogen (secondary N) is 1. The first-order valence-electron chi connectivity index (χ1n) is 8.90. The van der Waals surface area contributed by atoms with Gasteiger partial charge in [-0.25, -0.2) is 4.98 Å². The minimum Gasteiger partial charge on any atom is -0.452 e. The van der Waals surface area contributed by atoms with Gasteiger partial charge in [-0.3, -0.25) is 19.0 Å². The van der Waals surface area contributed by atoms with Crippen LogP contribution in [-0.2, 0) is 27.4 Å². The van der Waals surface area contributed by atoms with Crippen molar-refractivity contribution in [2.24, 2.45) is 0 Å². The van der Waals surface area contributed by atoms with Crippen LogP contribution < -0.4 is 10.9 Å². The summed E-state index contributed by atoms with van der Waals surface area (Å²) >= 11 is 1.54. The topological polar surface area (TPSA) is 90.3 Å². The van der Waals surface area contributed by atoms with Crippen molar-refractivity contribution < 1.29 is 14.3 Å². The van der Waals surface area contributed by atoms with Gasteiger partial charge in [0.05, 0.1) is 30.2 Å². The Bertz CT molecular complexity index is 1040. The molecule has 0 aliphatic carbocycles. The average molecular weight is 399 g/mol. The summed E-state index contributed by atoms with van der Waals surface area (Å²) in [5.41, 5.74) is 1.37. The number of rotatable bonds is 7. The number of para-hydroxylation sites is 1. The lowest BCUT2D eigenvalue weighted by atomic mass is 10.1. The molecule has 3 rings (SSSR count). The highest BCUT2D eigenvalue weighted by Gasteiger charge is 2.18. The molecule has 1 N–H and O–H groups in total. The number of thiophene rings is 1. The van der Waals surface area contributed by atoms with Crippen molar-refractivity contribution in [2.45, 2.75) is 39.5 Å². The van der Waals surface area contributed by atoms with Gasteiger partial charge in [0.15, 0.2) is 6.10 Å². The third kappa shape index (κ3) is 4.64. The number of hydrogen-bond donors (Lipinski definition) is 1. The molecule has 146 valence electrons. The van der Waals surface area contributed by atoms with E-state index in [4.69, 9.17) is 4.74 Å². The van der Waals surface area contributed by atoms with Crippen LogP contribution in [0.3, 0.4) is 0 Å². The van der Waals surface area contributed by atoms with Crippen LogP contribution in [0.4, 0.5) is 0 Å². The van der Waals surface area contributed by atoms with Crippen LogP contribution in [0.5, 0.6) is 0 Å². The smallest absolute Gasteiger partial charge is 0.308 e. The van der Waals surface area contributed by atoms with Crippen molar-refractivity contribution in [1.82, 2.24) is 14.9 Å². The number of amides is 1. The van der Waals surface area contributed by atoms with Gasteiger partial charge in [-0.1, -0.05) is 18.2 Å². The van der Waals surface area contributed by atoms with Crippen molar-refractivity contribution in [3.63, 3.8) is 0 Å². The zero-order valence-electron chi connectivity index (χ0n) is 15.7. The van der Waals surface area contributed by atoms with E-state index >= 15 is 0 Å². The van der Waals surface area contributed by atoms with Crippen molar-refractivity contribution in [3.05, 3.63) is 62.8 Å². The van der Waals surface area contributed by atoms with Gasteiger partial charge in [0.25, 0.3) is 11.5 Å². The van der Waals surface area contributed by atoms with E-state index in [1.165, 1.54) is 29.2 Å². The van der Waals surface area contributed by atoms with Crippen LogP contribution in [0.1, 0.15) is 23.8 Å². The molecule has 0 saturated carbocycles. The molecule has 1 unspecified atom stereocenters. The summed E-state index contributed by atoms with van der Waals surface area (Å²) in [5.74, 6) is -0.906. The van der Waals surface area contributed by atoms with E-state index in [1.807, 2.05) is 30.5 Å². The van der Waals surface area contributed by atoms with Crippen molar-refractivity contribution in [2.75, 3.05) is 0 Å². The van der Waals surface area contributed by atoms with Gasteiger partial charge in [-0.05, 0) is 36.9 Å². The molecule has 2 aromatic heterocycles. The van der Waals surface area contributed by atoms with Crippen LogP contribution in [0.25, 0.3) is 10.9 Å². The molecule has 1 atom stereocenters. The second-order valence-corrected chi connectivity index (χ2v) is 7.43. The maximum Gasteiger partial charge on any atom is 0.308 e. The van der Waals surface area contributed by atoms with Gasteiger partial charge in [-0.15, -0.1) is 11.3 Å². The molecule has 3 aromatic rings. The molecule has 28 heavy (non-hydrogen) atoms. The molecule has 0 aliphatic rings. The maximum absolute atomic E-state index is 12.5. The first-order valence-corrected chi connectivity index (χ1v) is 9.78. The molecule has 0 saturated heterocycles. The Morgan fingerprint density at radius 3 is 2.86 bits per heavy atom. The fourth-order valence-electron chi connectivity index (χ4n) is 2.75. The Morgan fingerprint density at radius 1 is 1.29 bits per heavy atom. The van der Waals surface area contributed by atoms with Crippen molar-refractivity contribution in [3.8, 4) is 0 Å². The third-order valence-electron chi connectivity index (χ3n) is 4.31. The molecule has 8 heteroatoms. The van der Waals surface area contributed by atoms with Crippen LogP contribution >= 0.6 is 11.3 Å². The standard InChI is InChI=1S/C20H21N3O4S/c1-13-5-3-7-16-18(13)22-12-23(20(16)26)9-8-17(24)27-14(2)19(25)21-11-15-6-4-10-28-15/h3-7,10,12,14H,8-9,11H2,1-2H3,(H,21,25). The summed E-state index contributed by atoms with van der Waals surface area (Å²) in [6.07, 6.45) is 0.505. The Morgan fingerprint density at radius 2 is 2.11 bits per heavy atom. The van der Waals surface area contributed by atoms with Gasteiger partial charge >= 0.3 is 5.97 Å². The van der Waals surface area contributed by atoms with Gasteiger partial charge in [0.1, 0.15) is 0 Å². The average Bonchev–Trinajstić information content (AvgIpc) is 3.19. The van der Waals surface area contributed by atoms with Crippen LogP contribution in [-0.4, -0.2) is 27.5 Å². The SMILES string of the molecule is Cc1cccc2c(=O)n(CCC(=O)OC(C)C(=O)NCc3cccs3)cnc12. The molecular formula is C20H21N3O4S. The minimum atomic E-state index is -0.901. The predicted octanol–water partition coefficient (Wildman–Crippen LogP) is 2.40. The van der Waals surface area contributed by atoms with Gasteiger partial charge in [-0.2, -0.15) is 0 Å². The fraction of sp³-hybridized carbons (Fsp3) is 0.300. The largest absolute Gasteiger partial charge is 0.452 e. The number of aryl methyl sites for hydroxylation is 2. The lowest BCUT2D eigenvalue weighted by Crippen LogP contribution is -2.35. The third-order valence-corrected chi connectivity index (χ3v) is 5.18. The second-order valence-electron chi connectivity index (χ2n) is 6.39. The van der Waals surface area contributed by atoms with Crippen LogP contribution in [0, 0.1) is 6.92 Å². The van der Waals surface area contributed by atoms with Crippen LogP contribution in [0.2, 0.25) is 0 Å². The summed E-state index contributed by atoms with van der Waals surface area (Å²) in [4.78, 5) is 41.9. The summed E-state index contributed by atoms with van der Waals surface area (Å²) in [7, 11) is 0. The number of nitrogens with zero attached hydrogens (tertiary/aromatic N) is 2. The second kappa shape index (κ2) is 8.79. The lowest BCUT2D eigenvalue weighted by Gasteiger charge is -2.13. The molecule has 2 heterocycles. The molecule has 1 aromatic carbocycles. The van der Waals surface area contributed by atoms with E-state index < -0.39 is 12.1 Å². The van der Waals surface area contributed by atoms with Gasteiger partial charge < -0.3 is 10.1 Å². The fourth-order valence-corrected chi connectivity index (χ4v) is 3.39. The molecule has 0 radical (unpaired) electrons. The number of carbonyl (C=O) groups is 2. The Hall–Kier alpha value is -3.00. The number of hydrogen-bond acceptors (Lipinski definition) is 6. The van der Waals surface area contributed by atoms with E-state index in [9.17, 15) is 14.4 Å². The number of esters is 1. The minimum absolute atomic E-state index is 0.0263. The molecule has 7 nitrogen and oxygen atoms in total. The van der Waals surface area contributed by atoms with E-state index in [1.54, 1.807) is 12.1 Å². The van der Waals surface area contributed by atoms with Crippen molar-refractivity contribution in [1.29, 1.82) is 0 Å². The molecule has 0 aliphatic heterocycles. The zero-order chi connectivity index (χ0) is 20.1. The predicted molar refractivity (Wildman–Crippen MR) is 107 cm³/mol. The normalized spacial score (nSPS) is 11.9. The van der Waals surface area contributed by atoms with E-state index in [0.29, 0.717) is 17.4 Å². The molecule has 0 bridgehead atoms. The number of fused-ring (bicyclic) bond motifs is 1. The summed E-state index contributed by atoms with van der Waals surface area (Å²) < 4.78 is 6.55. The van der Waals surface area contributed by atoms with E-state index in [2.05, 4.69) is 10.3 Å². The first kappa shape index (κ1) is 19.8. The lowest BCUT2D eigenvalue weighted by molar-refractivity contribution is -0.155. The number of ether oxygens (including phenoxy) is 1. The Balaban J connectivity index is 1.54. The van der Waals surface area contributed by atoms with Gasteiger partial charge in [0.2, 0.25) is 0 Å². The highest BCUT2D eigenvalue weighted by Crippen LogP contribution is 2.11. The zero-order valence-corrected chi connectivity index (χ0v) is 16.5. The maximum atomic E-state index is 12.5. The highest BCUT2D eigenvalue weighted by atomic mass is 32.1. The van der Waals surface area contributed by atoms with E-state index in [-0.39, 0.29) is 24.4 Å². The van der Waals surface area contributed by atoms with Crippen LogP contribution in [0.15, 0.2) is 46.8 Å². The molecule has 0 fully saturated rings. The molecular weight excluding hydrogens is 378 g/mol. The molecule has 0 spiro atoms. The number of carbonyl (C=O) groups excluding carboxylic acids is 2. The number of aromatic nitrogens is 2. The van der Waals surface area contributed by atoms with Gasteiger partial charge in [0, 0.05) is 11.4 Å². The Labute approximate surface area is 166 Å². The quantitative estimate of drug-likeness (QED) is 0.616. The summed E-state index contributed by atoms with van der Waals surface area (Å²) in [6.45, 7) is 3.95. The highest BCUT2D eigenvalue weighted by molar-refractivity contribution is 7.09. The first-order chi connectivity index (χ1) is 13.5. The van der Waals surface area contributed by atoms with E-state index in [0.717, 1.165) is 10.4 Å². The van der Waals surface area contributed by atoms with Crippen molar-refractivity contribution >= 4 is 34.1 Å². The Kier molecular flexibility index (Phi) is 6.20. The summed E-state index contributed by atoms with van der Waals surface area (Å²) in [5, 5.41) is 5.17. The number of benzene rings is 1. The monoisotopic (exact) mass is 399 g/mol.